The zero-order chi connectivity index (χ0) is 25.0. The first-order valence-electron chi connectivity index (χ1n) is 12.2. The van der Waals surface area contributed by atoms with Gasteiger partial charge in [0.15, 0.2) is 0 Å². The second kappa shape index (κ2) is 10.5. The summed E-state index contributed by atoms with van der Waals surface area (Å²) in [5.74, 6) is -1.44. The van der Waals surface area contributed by atoms with Gasteiger partial charge < -0.3 is 10.2 Å². The lowest BCUT2D eigenvalue weighted by Gasteiger charge is -2.33. The van der Waals surface area contributed by atoms with Crippen molar-refractivity contribution in [2.45, 2.75) is 78.4 Å². The maximum Gasteiger partial charge on any atom is 0.243 e. The smallest absolute Gasteiger partial charge is 0.243 e. The van der Waals surface area contributed by atoms with Gasteiger partial charge in [0, 0.05) is 25.0 Å². The zero-order valence-corrected chi connectivity index (χ0v) is 21.0. The highest BCUT2D eigenvalue weighted by Gasteiger charge is 2.47. The Labute approximate surface area is 202 Å². The highest BCUT2D eigenvalue weighted by Crippen LogP contribution is 2.35. The van der Waals surface area contributed by atoms with Crippen molar-refractivity contribution in [2.75, 3.05) is 6.54 Å². The molecule has 0 spiro atoms. The van der Waals surface area contributed by atoms with Crippen molar-refractivity contribution in [3.8, 4) is 0 Å². The molecule has 7 nitrogen and oxygen atoms in total. The van der Waals surface area contributed by atoms with Crippen molar-refractivity contribution in [3.63, 3.8) is 0 Å². The van der Waals surface area contributed by atoms with Crippen molar-refractivity contribution in [1.82, 2.24) is 15.1 Å². The van der Waals surface area contributed by atoms with Gasteiger partial charge in [0.1, 0.15) is 6.04 Å². The van der Waals surface area contributed by atoms with E-state index >= 15 is 0 Å². The Morgan fingerprint density at radius 2 is 1.68 bits per heavy atom. The first kappa shape index (κ1) is 25.7. The van der Waals surface area contributed by atoms with Crippen LogP contribution in [0.25, 0.3) is 0 Å². The molecular formula is C27H37N3O4. The number of imide groups is 1. The van der Waals surface area contributed by atoms with E-state index in [9.17, 15) is 19.2 Å². The molecule has 1 aliphatic carbocycles. The number of nitrogens with one attached hydrogen (secondary N) is 1. The molecule has 2 aliphatic rings. The lowest BCUT2D eigenvalue weighted by atomic mass is 9.85. The average molecular weight is 468 g/mol. The van der Waals surface area contributed by atoms with Gasteiger partial charge in [-0.05, 0) is 58.1 Å². The normalized spacial score (nSPS) is 20.8. The van der Waals surface area contributed by atoms with Gasteiger partial charge in [0.25, 0.3) is 0 Å². The summed E-state index contributed by atoms with van der Waals surface area (Å²) in [6.07, 6.45) is 5.50. The largest absolute Gasteiger partial charge is 0.350 e. The summed E-state index contributed by atoms with van der Waals surface area (Å²) in [4.78, 5) is 55.1. The van der Waals surface area contributed by atoms with Crippen LogP contribution >= 0.6 is 0 Å². The SMILES string of the molecule is CC[C@@H](C(=O)NC(C)(C)C)N(Cc1ccccc1C)C(=O)CCN1C(=O)[C@H]2CC=CC[C@H]2C1=O. The molecule has 1 aromatic rings. The summed E-state index contributed by atoms with van der Waals surface area (Å²) in [6, 6.07) is 7.13. The van der Waals surface area contributed by atoms with Crippen molar-refractivity contribution in [1.29, 1.82) is 0 Å². The van der Waals surface area contributed by atoms with Crippen LogP contribution in [0.1, 0.15) is 64.5 Å². The van der Waals surface area contributed by atoms with E-state index in [0.29, 0.717) is 25.8 Å². The number of likely N-dealkylation sites (tertiary alicyclic amines) is 1. The number of amides is 4. The van der Waals surface area contributed by atoms with Gasteiger partial charge in [0.2, 0.25) is 23.6 Å². The van der Waals surface area contributed by atoms with Crippen LogP contribution in [0.5, 0.6) is 0 Å². The molecule has 1 fully saturated rings. The molecular weight excluding hydrogens is 430 g/mol. The van der Waals surface area contributed by atoms with E-state index in [0.717, 1.165) is 11.1 Å². The minimum Gasteiger partial charge on any atom is -0.350 e. The average Bonchev–Trinajstić information content (AvgIpc) is 3.02. The number of allylic oxidation sites excluding steroid dienone is 2. The number of carbonyl (C=O) groups is 4. The second-order valence-corrected chi connectivity index (χ2v) is 10.3. The van der Waals surface area contributed by atoms with Crippen molar-refractivity contribution in [2.24, 2.45) is 11.8 Å². The number of carbonyl (C=O) groups excluding carboxylic acids is 4. The minimum absolute atomic E-state index is 0.00444. The maximum absolute atomic E-state index is 13.5. The predicted octanol–water partition coefficient (Wildman–Crippen LogP) is 3.36. The summed E-state index contributed by atoms with van der Waals surface area (Å²) < 4.78 is 0. The summed E-state index contributed by atoms with van der Waals surface area (Å²) in [7, 11) is 0. The summed E-state index contributed by atoms with van der Waals surface area (Å²) in [5.41, 5.74) is 1.57. The van der Waals surface area contributed by atoms with E-state index in [1.165, 1.54) is 4.90 Å². The number of hydrogen-bond donors (Lipinski definition) is 1. The van der Waals surface area contributed by atoms with Gasteiger partial charge in [-0.3, -0.25) is 24.1 Å². The Morgan fingerprint density at radius 3 is 2.21 bits per heavy atom. The molecule has 0 unspecified atom stereocenters. The number of hydrogen-bond acceptors (Lipinski definition) is 4. The molecule has 0 radical (unpaired) electrons. The molecule has 1 aliphatic heterocycles. The number of fused-ring (bicyclic) bond motifs is 1. The molecule has 0 aromatic heterocycles. The van der Waals surface area contributed by atoms with Crippen LogP contribution in [-0.4, -0.2) is 51.6 Å². The summed E-state index contributed by atoms with van der Waals surface area (Å²) >= 11 is 0. The van der Waals surface area contributed by atoms with Crippen LogP contribution in [-0.2, 0) is 25.7 Å². The Kier molecular flexibility index (Phi) is 7.95. The van der Waals surface area contributed by atoms with Gasteiger partial charge in [-0.25, -0.2) is 0 Å². The first-order chi connectivity index (χ1) is 16.0. The van der Waals surface area contributed by atoms with Crippen molar-refractivity contribution in [3.05, 3.63) is 47.5 Å². The summed E-state index contributed by atoms with van der Waals surface area (Å²) in [6.45, 7) is 9.92. The molecule has 1 N–H and O–H groups in total. The maximum atomic E-state index is 13.5. The van der Waals surface area contributed by atoms with Crippen LogP contribution in [0.3, 0.4) is 0 Å². The highest BCUT2D eigenvalue weighted by atomic mass is 16.2. The Hall–Kier alpha value is -2.96. The minimum atomic E-state index is -0.650. The molecule has 7 heteroatoms. The van der Waals surface area contributed by atoms with Gasteiger partial charge in [0.05, 0.1) is 11.8 Å². The Bertz CT molecular complexity index is 952. The number of aryl methyl sites for hydroxylation is 1. The van der Waals surface area contributed by atoms with E-state index in [4.69, 9.17) is 0 Å². The molecule has 1 aromatic carbocycles. The predicted molar refractivity (Wildman–Crippen MR) is 130 cm³/mol. The standard InChI is InChI=1S/C27H37N3O4/c1-6-22(24(32)28-27(3,4)5)30(17-19-12-8-7-11-18(19)2)23(31)15-16-29-25(33)20-13-9-10-14-21(20)26(29)34/h7-12,20-22H,6,13-17H2,1-5H3,(H,28,32)/t20-,21+,22-/m0/s1. The number of rotatable bonds is 8. The van der Waals surface area contributed by atoms with E-state index < -0.39 is 11.6 Å². The number of nitrogens with zero attached hydrogens (tertiary/aromatic N) is 2. The monoisotopic (exact) mass is 467 g/mol. The second-order valence-electron chi connectivity index (χ2n) is 10.3. The van der Waals surface area contributed by atoms with Gasteiger partial charge >= 0.3 is 0 Å². The lowest BCUT2D eigenvalue weighted by Crippen LogP contribution is -2.53. The van der Waals surface area contributed by atoms with Crippen LogP contribution in [0, 0.1) is 18.8 Å². The first-order valence-corrected chi connectivity index (χ1v) is 12.2. The van der Waals surface area contributed by atoms with Gasteiger partial charge in [-0.15, -0.1) is 0 Å². The Balaban J connectivity index is 1.78. The third-order valence-electron chi connectivity index (χ3n) is 6.63. The molecule has 1 saturated heterocycles. The van der Waals surface area contributed by atoms with Crippen molar-refractivity contribution < 1.29 is 19.2 Å². The van der Waals surface area contributed by atoms with Gasteiger partial charge in [-0.1, -0.05) is 43.3 Å². The molecule has 1 heterocycles. The van der Waals surface area contributed by atoms with E-state index in [2.05, 4.69) is 5.32 Å². The van der Waals surface area contributed by atoms with Crippen LogP contribution in [0.2, 0.25) is 0 Å². The summed E-state index contributed by atoms with van der Waals surface area (Å²) in [5, 5.41) is 2.99. The molecule has 3 rings (SSSR count). The molecule has 4 amide bonds. The molecule has 0 bridgehead atoms. The van der Waals surface area contributed by atoms with Crippen LogP contribution in [0.4, 0.5) is 0 Å². The highest BCUT2D eigenvalue weighted by molar-refractivity contribution is 6.05. The third kappa shape index (κ3) is 5.75. The topological polar surface area (TPSA) is 86.8 Å². The number of benzene rings is 1. The fourth-order valence-corrected chi connectivity index (χ4v) is 4.78. The van der Waals surface area contributed by atoms with E-state index in [1.54, 1.807) is 4.90 Å². The van der Waals surface area contributed by atoms with E-state index in [1.807, 2.05) is 71.0 Å². The zero-order valence-electron chi connectivity index (χ0n) is 21.0. The van der Waals surface area contributed by atoms with Crippen molar-refractivity contribution >= 4 is 23.6 Å². The Morgan fingerprint density at radius 1 is 1.09 bits per heavy atom. The lowest BCUT2D eigenvalue weighted by molar-refractivity contribution is -0.144. The fourth-order valence-electron chi connectivity index (χ4n) is 4.78. The van der Waals surface area contributed by atoms with E-state index in [-0.39, 0.29) is 48.4 Å². The van der Waals surface area contributed by atoms with Gasteiger partial charge in [-0.2, -0.15) is 0 Å². The molecule has 0 saturated carbocycles. The third-order valence-corrected chi connectivity index (χ3v) is 6.63. The van der Waals surface area contributed by atoms with Crippen LogP contribution in [0.15, 0.2) is 36.4 Å². The van der Waals surface area contributed by atoms with Crippen LogP contribution < -0.4 is 5.32 Å². The fraction of sp³-hybridized carbons (Fsp3) is 0.556. The quantitative estimate of drug-likeness (QED) is 0.469. The molecule has 3 atom stereocenters. The molecule has 184 valence electrons. The molecule has 34 heavy (non-hydrogen) atoms.